The van der Waals surface area contributed by atoms with E-state index in [2.05, 4.69) is 15.0 Å². The summed E-state index contributed by atoms with van der Waals surface area (Å²) in [6.07, 6.45) is 1.99. The van der Waals surface area contributed by atoms with Crippen molar-refractivity contribution in [1.29, 1.82) is 0 Å². The number of fused-ring (bicyclic) bond motifs is 1. The Labute approximate surface area is 117 Å². The third-order valence-electron chi connectivity index (χ3n) is 2.68. The minimum Gasteiger partial charge on any atom is -0.232 e. The molecule has 3 aromatic rings. The Morgan fingerprint density at radius 3 is 2.53 bits per heavy atom. The van der Waals surface area contributed by atoms with Crippen LogP contribution >= 0.6 is 23.1 Å². The number of aromatic nitrogens is 3. The predicted octanol–water partition coefficient (Wildman–Crippen LogP) is 3.92. The fourth-order valence-electron chi connectivity index (χ4n) is 1.75. The predicted molar refractivity (Wildman–Crippen MR) is 77.1 cm³/mol. The van der Waals surface area contributed by atoms with E-state index in [-0.39, 0.29) is 5.82 Å². The lowest BCUT2D eigenvalue weighted by Crippen LogP contribution is -1.93. The molecular weight excluding hydrogens is 281 g/mol. The van der Waals surface area contributed by atoms with Crippen LogP contribution in [0.15, 0.2) is 28.6 Å². The van der Waals surface area contributed by atoms with Gasteiger partial charge in [-0.2, -0.15) is 0 Å². The quantitative estimate of drug-likeness (QED) is 0.671. The van der Waals surface area contributed by atoms with Crippen molar-refractivity contribution in [2.45, 2.75) is 11.3 Å². The van der Waals surface area contributed by atoms with Gasteiger partial charge in [-0.1, -0.05) is 11.8 Å². The zero-order chi connectivity index (χ0) is 13.4. The third-order valence-corrected chi connectivity index (χ3v) is 4.82. The maximum absolute atomic E-state index is 12.9. The Morgan fingerprint density at radius 2 is 1.84 bits per heavy atom. The minimum absolute atomic E-state index is 0.264. The molecule has 0 fully saturated rings. The SMILES string of the molecule is CSc1nc2nc(-c3ccc(F)cc3)nc(C)c2s1. The van der Waals surface area contributed by atoms with Crippen LogP contribution in [-0.4, -0.2) is 21.2 Å². The van der Waals surface area contributed by atoms with Crippen LogP contribution in [-0.2, 0) is 0 Å². The van der Waals surface area contributed by atoms with Gasteiger partial charge in [0, 0.05) is 5.56 Å². The van der Waals surface area contributed by atoms with E-state index in [0.717, 1.165) is 20.3 Å². The molecular formula is C13H10FN3S2. The summed E-state index contributed by atoms with van der Waals surface area (Å²) in [4.78, 5) is 13.4. The van der Waals surface area contributed by atoms with Gasteiger partial charge in [0.05, 0.1) is 10.4 Å². The summed E-state index contributed by atoms with van der Waals surface area (Å²) in [5.41, 5.74) is 2.41. The minimum atomic E-state index is -0.264. The van der Waals surface area contributed by atoms with Gasteiger partial charge in [0.2, 0.25) is 0 Å². The average molecular weight is 291 g/mol. The van der Waals surface area contributed by atoms with Crippen LogP contribution in [0.25, 0.3) is 21.7 Å². The summed E-state index contributed by atoms with van der Waals surface area (Å²) in [6, 6.07) is 6.18. The molecule has 3 rings (SSSR count). The second kappa shape index (κ2) is 4.86. The molecule has 2 aromatic heterocycles. The highest BCUT2D eigenvalue weighted by Gasteiger charge is 2.11. The Kier molecular flexibility index (Phi) is 3.20. The molecule has 2 heterocycles. The molecule has 0 bridgehead atoms. The molecule has 1 aromatic carbocycles. The van der Waals surface area contributed by atoms with E-state index in [9.17, 15) is 4.39 Å². The number of nitrogens with zero attached hydrogens (tertiary/aromatic N) is 3. The number of halogens is 1. The van der Waals surface area contributed by atoms with Crippen molar-refractivity contribution in [2.75, 3.05) is 6.26 Å². The van der Waals surface area contributed by atoms with E-state index in [1.54, 1.807) is 35.2 Å². The fourth-order valence-corrected chi connectivity index (χ4v) is 3.20. The number of thiazole rings is 1. The van der Waals surface area contributed by atoms with Crippen molar-refractivity contribution in [3.05, 3.63) is 35.8 Å². The Bertz CT molecular complexity index is 737. The highest BCUT2D eigenvalue weighted by molar-refractivity contribution is 8.00. The first kappa shape index (κ1) is 12.5. The molecule has 0 radical (unpaired) electrons. The topological polar surface area (TPSA) is 38.7 Å². The van der Waals surface area contributed by atoms with Crippen molar-refractivity contribution in [1.82, 2.24) is 15.0 Å². The summed E-state index contributed by atoms with van der Waals surface area (Å²) in [6.45, 7) is 1.94. The number of thioether (sulfide) groups is 1. The van der Waals surface area contributed by atoms with Crippen LogP contribution in [0.4, 0.5) is 4.39 Å². The molecule has 6 heteroatoms. The lowest BCUT2D eigenvalue weighted by atomic mass is 10.2. The smallest absolute Gasteiger partial charge is 0.175 e. The van der Waals surface area contributed by atoms with Gasteiger partial charge in [-0.3, -0.25) is 0 Å². The average Bonchev–Trinajstić information content (AvgIpc) is 2.83. The molecule has 0 saturated heterocycles. The number of hydrogen-bond acceptors (Lipinski definition) is 5. The molecule has 0 aliphatic heterocycles. The normalized spacial score (nSPS) is 11.1. The molecule has 0 spiro atoms. The van der Waals surface area contributed by atoms with Gasteiger partial charge >= 0.3 is 0 Å². The van der Waals surface area contributed by atoms with Crippen LogP contribution in [0.5, 0.6) is 0 Å². The highest BCUT2D eigenvalue weighted by atomic mass is 32.2. The van der Waals surface area contributed by atoms with Crippen LogP contribution in [0.2, 0.25) is 0 Å². The molecule has 0 aliphatic rings. The second-order valence-electron chi connectivity index (χ2n) is 3.98. The summed E-state index contributed by atoms with van der Waals surface area (Å²) in [5, 5.41) is 0. The van der Waals surface area contributed by atoms with Gasteiger partial charge in [0.25, 0.3) is 0 Å². The van der Waals surface area contributed by atoms with E-state index >= 15 is 0 Å². The van der Waals surface area contributed by atoms with E-state index in [4.69, 9.17) is 0 Å². The first-order valence-electron chi connectivity index (χ1n) is 5.62. The van der Waals surface area contributed by atoms with Crippen LogP contribution in [0, 0.1) is 12.7 Å². The molecule has 0 atom stereocenters. The number of hydrogen-bond donors (Lipinski definition) is 0. The first-order chi connectivity index (χ1) is 9.17. The molecule has 0 saturated carbocycles. The Balaban J connectivity index is 2.17. The van der Waals surface area contributed by atoms with Crippen molar-refractivity contribution >= 4 is 33.4 Å². The van der Waals surface area contributed by atoms with E-state index in [0.29, 0.717) is 11.5 Å². The van der Waals surface area contributed by atoms with Crippen LogP contribution < -0.4 is 0 Å². The molecule has 0 amide bonds. The standard InChI is InChI=1S/C13H10FN3S2/c1-7-10-12(17-13(18-2)19-10)16-11(15-7)8-3-5-9(14)6-4-8/h3-6H,1-2H3. The second-order valence-corrected chi connectivity index (χ2v) is 6.03. The van der Waals surface area contributed by atoms with Crippen molar-refractivity contribution in [3.63, 3.8) is 0 Å². The number of rotatable bonds is 2. The maximum Gasteiger partial charge on any atom is 0.175 e. The van der Waals surface area contributed by atoms with Crippen LogP contribution in [0.3, 0.4) is 0 Å². The molecule has 3 nitrogen and oxygen atoms in total. The lowest BCUT2D eigenvalue weighted by molar-refractivity contribution is 0.628. The summed E-state index contributed by atoms with van der Waals surface area (Å²) >= 11 is 3.19. The van der Waals surface area contributed by atoms with Gasteiger partial charge < -0.3 is 0 Å². The van der Waals surface area contributed by atoms with Crippen molar-refractivity contribution < 1.29 is 4.39 Å². The zero-order valence-corrected chi connectivity index (χ0v) is 12.0. The molecule has 0 unspecified atom stereocenters. The summed E-state index contributed by atoms with van der Waals surface area (Å²) in [7, 11) is 0. The van der Waals surface area contributed by atoms with Gasteiger partial charge in [0.1, 0.15) is 5.82 Å². The van der Waals surface area contributed by atoms with Gasteiger partial charge in [0.15, 0.2) is 15.8 Å². The number of aryl methyl sites for hydroxylation is 1. The number of benzene rings is 1. The van der Waals surface area contributed by atoms with Gasteiger partial charge in [-0.05, 0) is 37.4 Å². The summed E-state index contributed by atoms with van der Waals surface area (Å²) < 4.78 is 14.9. The Morgan fingerprint density at radius 1 is 1.11 bits per heavy atom. The third kappa shape index (κ3) is 2.33. The lowest BCUT2D eigenvalue weighted by Gasteiger charge is -2.01. The highest BCUT2D eigenvalue weighted by Crippen LogP contribution is 2.30. The van der Waals surface area contributed by atoms with Gasteiger partial charge in [-0.25, -0.2) is 19.3 Å². The van der Waals surface area contributed by atoms with E-state index < -0.39 is 0 Å². The molecule has 96 valence electrons. The maximum atomic E-state index is 12.9. The largest absolute Gasteiger partial charge is 0.232 e. The van der Waals surface area contributed by atoms with Crippen molar-refractivity contribution in [2.24, 2.45) is 0 Å². The van der Waals surface area contributed by atoms with Crippen LogP contribution in [0.1, 0.15) is 5.69 Å². The first-order valence-corrected chi connectivity index (χ1v) is 7.66. The summed E-state index contributed by atoms with van der Waals surface area (Å²) in [5.74, 6) is 0.322. The Hall–Kier alpha value is -1.53. The van der Waals surface area contributed by atoms with Crippen molar-refractivity contribution in [3.8, 4) is 11.4 Å². The molecule has 0 aliphatic carbocycles. The van der Waals surface area contributed by atoms with E-state index in [1.165, 1.54) is 12.1 Å². The van der Waals surface area contributed by atoms with E-state index in [1.807, 2.05) is 13.2 Å². The molecule has 0 N–H and O–H groups in total. The van der Waals surface area contributed by atoms with Gasteiger partial charge in [-0.15, -0.1) is 11.3 Å². The molecule has 19 heavy (non-hydrogen) atoms. The monoisotopic (exact) mass is 291 g/mol. The fraction of sp³-hybridized carbons (Fsp3) is 0.154. The zero-order valence-electron chi connectivity index (χ0n) is 10.3.